The molecule has 0 aliphatic heterocycles. The number of hydrogen-bond donors (Lipinski definition) is 0. The molecule has 0 aromatic rings. The SMILES string of the molecule is COC(=O)C(C)[C@H]1CC[C@H]2[C@@H]3C=CC4=CC(=O)CC[C@]4(C)[C@H]3CC(=O)[C@]12C. The first-order valence-corrected chi connectivity index (χ1v) is 10.3. The summed E-state index contributed by atoms with van der Waals surface area (Å²) in [5.74, 6) is 0.973. The van der Waals surface area contributed by atoms with Crippen molar-refractivity contribution in [2.75, 3.05) is 7.11 Å². The van der Waals surface area contributed by atoms with Gasteiger partial charge in [-0.1, -0.05) is 32.9 Å². The lowest BCUT2D eigenvalue weighted by molar-refractivity contribution is -0.153. The number of carbonyl (C=O) groups is 3. The van der Waals surface area contributed by atoms with Crippen LogP contribution in [-0.2, 0) is 19.1 Å². The highest BCUT2D eigenvalue weighted by Gasteiger charge is 2.63. The van der Waals surface area contributed by atoms with Gasteiger partial charge in [0, 0.05) is 18.3 Å². The van der Waals surface area contributed by atoms with Crippen molar-refractivity contribution in [3.05, 3.63) is 23.8 Å². The Labute approximate surface area is 161 Å². The lowest BCUT2D eigenvalue weighted by Crippen LogP contribution is -2.54. The van der Waals surface area contributed by atoms with Gasteiger partial charge in [-0.25, -0.2) is 0 Å². The molecule has 0 radical (unpaired) electrons. The minimum absolute atomic E-state index is 0.0504. The van der Waals surface area contributed by atoms with Crippen LogP contribution in [0.1, 0.15) is 52.9 Å². The number of methoxy groups -OCH3 is 1. The van der Waals surface area contributed by atoms with Crippen LogP contribution in [0.15, 0.2) is 23.8 Å². The third kappa shape index (κ3) is 2.44. The number of ether oxygens (including phenoxy) is 1. The predicted molar refractivity (Wildman–Crippen MR) is 102 cm³/mol. The van der Waals surface area contributed by atoms with Gasteiger partial charge in [0.25, 0.3) is 0 Å². The van der Waals surface area contributed by atoms with Crippen molar-refractivity contribution in [2.45, 2.75) is 52.9 Å². The molecule has 2 fully saturated rings. The van der Waals surface area contributed by atoms with Crippen molar-refractivity contribution in [1.82, 2.24) is 0 Å². The average molecular weight is 370 g/mol. The molecule has 4 nitrogen and oxygen atoms in total. The molecule has 2 saturated carbocycles. The van der Waals surface area contributed by atoms with Crippen molar-refractivity contribution in [3.63, 3.8) is 0 Å². The van der Waals surface area contributed by atoms with E-state index in [1.165, 1.54) is 7.11 Å². The molecular weight excluding hydrogens is 340 g/mol. The van der Waals surface area contributed by atoms with E-state index < -0.39 is 5.41 Å². The van der Waals surface area contributed by atoms with Crippen LogP contribution < -0.4 is 0 Å². The summed E-state index contributed by atoms with van der Waals surface area (Å²) in [5, 5.41) is 0. The van der Waals surface area contributed by atoms with Crippen LogP contribution in [0.4, 0.5) is 0 Å². The summed E-state index contributed by atoms with van der Waals surface area (Å²) in [6.45, 7) is 6.25. The van der Waals surface area contributed by atoms with Gasteiger partial charge in [0.15, 0.2) is 5.78 Å². The highest BCUT2D eigenvalue weighted by atomic mass is 16.5. The van der Waals surface area contributed by atoms with E-state index >= 15 is 0 Å². The number of allylic oxidation sites excluding steroid dienone is 4. The lowest BCUT2D eigenvalue weighted by Gasteiger charge is -2.55. The van der Waals surface area contributed by atoms with Crippen molar-refractivity contribution < 1.29 is 19.1 Å². The third-order valence-electron chi connectivity index (χ3n) is 8.62. The standard InChI is InChI=1S/C23H30O4/c1-13(21(26)27-4)17-7-8-18-16-6-5-14-11-15(24)9-10-22(14,2)19(16)12-20(25)23(17,18)3/h5-6,11,13,16-19H,7-10,12H2,1-4H3/t13?,16-,17+,18-,19-,22-,23+/m0/s1. The van der Waals surface area contributed by atoms with E-state index in [0.717, 1.165) is 24.8 Å². The first-order valence-electron chi connectivity index (χ1n) is 10.3. The summed E-state index contributed by atoms with van der Waals surface area (Å²) in [6, 6.07) is 0. The fourth-order valence-corrected chi connectivity index (χ4v) is 6.90. The van der Waals surface area contributed by atoms with Gasteiger partial charge in [-0.3, -0.25) is 14.4 Å². The number of hydrogen-bond acceptors (Lipinski definition) is 4. The molecule has 27 heavy (non-hydrogen) atoms. The Balaban J connectivity index is 1.72. The van der Waals surface area contributed by atoms with E-state index in [9.17, 15) is 14.4 Å². The molecule has 0 spiro atoms. The second kappa shape index (κ2) is 6.15. The van der Waals surface area contributed by atoms with E-state index in [0.29, 0.717) is 24.5 Å². The zero-order valence-corrected chi connectivity index (χ0v) is 16.8. The quantitative estimate of drug-likeness (QED) is 0.692. The average Bonchev–Trinajstić information content (AvgIpc) is 3.01. The monoisotopic (exact) mass is 370 g/mol. The van der Waals surface area contributed by atoms with Crippen LogP contribution in [0, 0.1) is 40.4 Å². The molecule has 4 aliphatic rings. The molecule has 4 rings (SSSR count). The summed E-state index contributed by atoms with van der Waals surface area (Å²) >= 11 is 0. The molecule has 1 unspecified atom stereocenters. The lowest BCUT2D eigenvalue weighted by atomic mass is 9.48. The van der Waals surface area contributed by atoms with Gasteiger partial charge < -0.3 is 4.74 Å². The maximum Gasteiger partial charge on any atom is 0.308 e. The summed E-state index contributed by atoms with van der Waals surface area (Å²) in [7, 11) is 1.43. The molecule has 7 atom stereocenters. The van der Waals surface area contributed by atoms with Gasteiger partial charge in [0.1, 0.15) is 5.78 Å². The summed E-state index contributed by atoms with van der Waals surface area (Å²) < 4.78 is 4.98. The molecule has 0 bridgehead atoms. The van der Waals surface area contributed by atoms with Crippen LogP contribution in [-0.4, -0.2) is 24.6 Å². The van der Waals surface area contributed by atoms with Gasteiger partial charge in [0.2, 0.25) is 0 Å². The third-order valence-corrected chi connectivity index (χ3v) is 8.62. The van der Waals surface area contributed by atoms with Crippen molar-refractivity contribution in [2.24, 2.45) is 40.4 Å². The van der Waals surface area contributed by atoms with Crippen LogP contribution in [0.25, 0.3) is 0 Å². The van der Waals surface area contributed by atoms with E-state index in [-0.39, 0.29) is 40.8 Å². The fourth-order valence-electron chi connectivity index (χ4n) is 6.90. The van der Waals surface area contributed by atoms with Crippen molar-refractivity contribution in [3.8, 4) is 0 Å². The molecule has 4 heteroatoms. The Morgan fingerprint density at radius 3 is 2.67 bits per heavy atom. The van der Waals surface area contributed by atoms with E-state index in [1.54, 1.807) is 6.08 Å². The zero-order chi connectivity index (χ0) is 19.6. The Morgan fingerprint density at radius 2 is 1.96 bits per heavy atom. The first kappa shape index (κ1) is 18.6. The molecule has 4 aliphatic carbocycles. The van der Waals surface area contributed by atoms with Gasteiger partial charge in [-0.15, -0.1) is 0 Å². The number of Topliss-reactive ketones (excluding diaryl/α,β-unsaturated/α-hetero) is 1. The predicted octanol–water partition coefficient (Wildman–Crippen LogP) is 3.90. The van der Waals surface area contributed by atoms with Gasteiger partial charge >= 0.3 is 5.97 Å². The Hall–Kier alpha value is -1.71. The van der Waals surface area contributed by atoms with Crippen LogP contribution >= 0.6 is 0 Å². The summed E-state index contributed by atoms with van der Waals surface area (Å²) in [6.07, 6.45) is 10.0. The molecule has 0 aromatic carbocycles. The van der Waals surface area contributed by atoms with Gasteiger partial charge in [-0.05, 0) is 60.0 Å². The molecule has 0 saturated heterocycles. The minimum atomic E-state index is -0.457. The number of esters is 1. The highest BCUT2D eigenvalue weighted by molar-refractivity contribution is 5.93. The summed E-state index contributed by atoms with van der Waals surface area (Å²) in [4.78, 5) is 37.6. The first-order chi connectivity index (χ1) is 12.7. The van der Waals surface area contributed by atoms with Crippen LogP contribution in [0.2, 0.25) is 0 Å². The second-order valence-corrected chi connectivity index (χ2v) is 9.54. The molecule has 0 amide bonds. The van der Waals surface area contributed by atoms with Gasteiger partial charge in [0.05, 0.1) is 13.0 Å². The number of ketones is 2. The fraction of sp³-hybridized carbons (Fsp3) is 0.696. The van der Waals surface area contributed by atoms with Crippen LogP contribution in [0.3, 0.4) is 0 Å². The Bertz CT molecular complexity index is 762. The minimum Gasteiger partial charge on any atom is -0.469 e. The largest absolute Gasteiger partial charge is 0.469 e. The number of rotatable bonds is 2. The Morgan fingerprint density at radius 1 is 1.22 bits per heavy atom. The molecule has 0 aromatic heterocycles. The highest BCUT2D eigenvalue weighted by Crippen LogP contribution is 2.64. The maximum atomic E-state index is 13.5. The summed E-state index contributed by atoms with van der Waals surface area (Å²) in [5.41, 5.74) is 0.561. The molecular formula is C23H30O4. The second-order valence-electron chi connectivity index (χ2n) is 9.54. The van der Waals surface area contributed by atoms with Gasteiger partial charge in [-0.2, -0.15) is 0 Å². The van der Waals surface area contributed by atoms with E-state index in [4.69, 9.17) is 4.74 Å². The van der Waals surface area contributed by atoms with Crippen LogP contribution in [0.5, 0.6) is 0 Å². The molecule has 146 valence electrons. The van der Waals surface area contributed by atoms with Crippen molar-refractivity contribution in [1.29, 1.82) is 0 Å². The number of fused-ring (bicyclic) bond motifs is 5. The Kier molecular flexibility index (Phi) is 4.25. The van der Waals surface area contributed by atoms with Crippen molar-refractivity contribution >= 4 is 17.5 Å². The van der Waals surface area contributed by atoms with E-state index in [1.807, 2.05) is 6.92 Å². The topological polar surface area (TPSA) is 60.4 Å². The number of carbonyl (C=O) groups excluding carboxylic acids is 3. The molecule has 0 N–H and O–H groups in total. The smallest absolute Gasteiger partial charge is 0.308 e. The van der Waals surface area contributed by atoms with E-state index in [2.05, 4.69) is 26.0 Å². The molecule has 0 heterocycles. The normalized spacial score (nSPS) is 44.1. The zero-order valence-electron chi connectivity index (χ0n) is 16.8. The maximum absolute atomic E-state index is 13.5.